The van der Waals surface area contributed by atoms with Crippen LogP contribution >= 0.6 is 0 Å². The number of hydrogen-bond acceptors (Lipinski definition) is 3. The summed E-state index contributed by atoms with van der Waals surface area (Å²) in [5, 5.41) is 5.12. The number of nitrogens with zero attached hydrogens (tertiary/aromatic N) is 4. The fourth-order valence-corrected chi connectivity index (χ4v) is 14.1. The molecule has 6 aliphatic carbocycles. The maximum atomic E-state index is 2.74. The van der Waals surface area contributed by atoms with Gasteiger partial charge in [0.2, 0.25) is 0 Å². The maximum absolute atomic E-state index is 2.74. The Morgan fingerprint density at radius 3 is 2.14 bits per heavy atom. The fraction of sp³-hybridized carbons (Fsp3) is 0.200. The molecule has 0 saturated carbocycles. The number of hydrogen-bond donors (Lipinski definition) is 0. The van der Waals surface area contributed by atoms with Crippen LogP contribution in [0.3, 0.4) is 0 Å². The highest BCUT2D eigenvalue weighted by Gasteiger charge is 2.49. The van der Waals surface area contributed by atoms with Crippen LogP contribution in [0.4, 0.5) is 17.1 Å². The van der Waals surface area contributed by atoms with Crippen LogP contribution in [0.1, 0.15) is 33.1 Å². The zero-order valence-electron chi connectivity index (χ0n) is 42.3. The Bertz CT molecular complexity index is 3690. The number of para-hydroxylation sites is 3. The number of aromatic nitrogens is 1. The molecule has 1 aliphatic heterocycles. The van der Waals surface area contributed by atoms with E-state index in [1.807, 2.05) is 0 Å². The van der Waals surface area contributed by atoms with Crippen LogP contribution in [0.25, 0.3) is 38.3 Å². The molecule has 0 spiro atoms. The third-order valence-electron chi connectivity index (χ3n) is 17.6. The SMILES string of the molecule is CC1C(N(c2cccc3ccccc23)C2C=CC(C3C=CC(N(C4=CC=CC5(C)C=CC=CC45)c4ccc5c(c4)c4ccccc4n5-c4ccccc4)=CC3)CC2)=CC=C2C1C1C=CC=CC1N2c1ccccc1. The van der Waals surface area contributed by atoms with Gasteiger partial charge in [-0.15, -0.1) is 0 Å². The molecule has 2 heterocycles. The lowest BCUT2D eigenvalue weighted by Crippen LogP contribution is -2.41. The minimum absolute atomic E-state index is 0.105. The molecule has 0 bridgehead atoms. The van der Waals surface area contributed by atoms with Gasteiger partial charge in [0.25, 0.3) is 0 Å². The van der Waals surface area contributed by atoms with Crippen molar-refractivity contribution in [1.82, 2.24) is 4.57 Å². The number of rotatable bonds is 9. The van der Waals surface area contributed by atoms with Crippen molar-refractivity contribution < 1.29 is 0 Å². The van der Waals surface area contributed by atoms with Gasteiger partial charge in [-0.3, -0.25) is 0 Å². The molecule has 6 aromatic carbocycles. The lowest BCUT2D eigenvalue weighted by molar-refractivity contribution is 0.368. The smallest absolute Gasteiger partial charge is 0.0591 e. The van der Waals surface area contributed by atoms with E-state index in [-0.39, 0.29) is 17.4 Å². The van der Waals surface area contributed by atoms with Gasteiger partial charge in [-0.05, 0) is 115 Å². The molecule has 74 heavy (non-hydrogen) atoms. The van der Waals surface area contributed by atoms with E-state index in [0.29, 0.717) is 35.6 Å². The molecule has 1 saturated heterocycles. The zero-order valence-corrected chi connectivity index (χ0v) is 42.3. The Kier molecular flexibility index (Phi) is 10.9. The summed E-state index contributed by atoms with van der Waals surface area (Å²) < 4.78 is 2.41. The van der Waals surface area contributed by atoms with Gasteiger partial charge in [0.05, 0.1) is 23.1 Å². The van der Waals surface area contributed by atoms with Gasteiger partial charge in [0.1, 0.15) is 0 Å². The van der Waals surface area contributed by atoms with Gasteiger partial charge >= 0.3 is 0 Å². The van der Waals surface area contributed by atoms with E-state index < -0.39 is 0 Å². The third kappa shape index (κ3) is 7.32. The Morgan fingerprint density at radius 1 is 0.568 bits per heavy atom. The van der Waals surface area contributed by atoms with Gasteiger partial charge in [-0.2, -0.15) is 0 Å². The Hall–Kier alpha value is -8.08. The molecule has 0 amide bonds. The van der Waals surface area contributed by atoms with Crippen molar-refractivity contribution in [2.45, 2.75) is 45.2 Å². The average molecular weight is 959 g/mol. The summed E-state index contributed by atoms with van der Waals surface area (Å²) >= 11 is 0. The first-order valence-electron chi connectivity index (χ1n) is 27.1. The van der Waals surface area contributed by atoms with Crippen LogP contribution in [0.15, 0.2) is 278 Å². The van der Waals surface area contributed by atoms with Crippen LogP contribution in [0.2, 0.25) is 0 Å². The van der Waals surface area contributed by atoms with Crippen LogP contribution in [0.5, 0.6) is 0 Å². The average Bonchev–Trinajstić information content (AvgIpc) is 3.99. The second-order valence-corrected chi connectivity index (χ2v) is 21.8. The van der Waals surface area contributed by atoms with Crippen molar-refractivity contribution in [3.05, 3.63) is 278 Å². The van der Waals surface area contributed by atoms with E-state index in [9.17, 15) is 0 Å². The summed E-state index contributed by atoms with van der Waals surface area (Å²) in [5.74, 6) is 2.14. The monoisotopic (exact) mass is 958 g/mol. The van der Waals surface area contributed by atoms with Crippen LogP contribution < -0.4 is 14.7 Å². The van der Waals surface area contributed by atoms with Crippen molar-refractivity contribution >= 4 is 49.6 Å². The number of fused-ring (bicyclic) bond motifs is 8. The van der Waals surface area contributed by atoms with Crippen molar-refractivity contribution in [3.8, 4) is 5.69 Å². The summed E-state index contributed by atoms with van der Waals surface area (Å²) in [5.41, 5.74) is 12.7. The van der Waals surface area contributed by atoms with E-state index in [0.717, 1.165) is 19.3 Å². The second kappa shape index (κ2) is 18.1. The van der Waals surface area contributed by atoms with Gasteiger partial charge in [-0.1, -0.05) is 190 Å². The van der Waals surface area contributed by atoms with Crippen molar-refractivity contribution in [2.75, 3.05) is 14.7 Å². The first-order chi connectivity index (χ1) is 36.5. The molecule has 0 N–H and O–H groups in total. The quantitative estimate of drug-likeness (QED) is 0.134. The van der Waals surface area contributed by atoms with Gasteiger partial charge in [-0.25, -0.2) is 0 Å². The van der Waals surface area contributed by atoms with Crippen LogP contribution in [-0.4, -0.2) is 16.7 Å². The van der Waals surface area contributed by atoms with Gasteiger partial charge in [0, 0.05) is 90.8 Å². The molecular formula is C70H62N4. The molecule has 14 rings (SSSR count). The molecule has 362 valence electrons. The van der Waals surface area contributed by atoms with E-state index in [4.69, 9.17) is 0 Å². The standard InChI is InChI=1S/C70H62N4/c1-48-62(43-44-68-69(48)59-27-12-14-30-65(59)74(68)53-23-7-4-8-24-53)72(63-31-17-20-51-19-9-10-25-57(51)63)55-39-35-50(36-40-55)49-33-37-54(38-34-49)71(67-32-18-46-70(2)45-16-15-28-61(67)70)56-41-42-66-60(47-56)58-26-11-13-29-64(58)73(66)52-21-5-3-6-22-52/h3-33,35,37-39,41-50,55,59,61,65,69H,34,36,40H2,1-2H3. The van der Waals surface area contributed by atoms with Crippen LogP contribution in [0, 0.1) is 40.9 Å². The maximum Gasteiger partial charge on any atom is 0.0591 e. The highest BCUT2D eigenvalue weighted by Crippen LogP contribution is 2.53. The summed E-state index contributed by atoms with van der Waals surface area (Å²) in [6, 6.07) is 54.2. The topological polar surface area (TPSA) is 14.7 Å². The number of allylic oxidation sites excluding steroid dienone is 17. The molecule has 1 aromatic heterocycles. The third-order valence-corrected chi connectivity index (χ3v) is 17.6. The zero-order chi connectivity index (χ0) is 49.3. The molecule has 9 unspecified atom stereocenters. The van der Waals surface area contributed by atoms with Crippen molar-refractivity contribution in [1.29, 1.82) is 0 Å². The molecule has 7 aliphatic rings. The Balaban J connectivity index is 0.794. The molecule has 0 radical (unpaired) electrons. The minimum Gasteiger partial charge on any atom is -0.337 e. The summed E-state index contributed by atoms with van der Waals surface area (Å²) in [6.07, 6.45) is 46.4. The van der Waals surface area contributed by atoms with E-state index >= 15 is 0 Å². The van der Waals surface area contributed by atoms with Crippen LogP contribution in [-0.2, 0) is 0 Å². The number of anilines is 3. The minimum atomic E-state index is -0.105. The van der Waals surface area contributed by atoms with Gasteiger partial charge in [0.15, 0.2) is 0 Å². The highest BCUT2D eigenvalue weighted by atomic mass is 15.2. The van der Waals surface area contributed by atoms with Crippen molar-refractivity contribution in [2.24, 2.45) is 40.9 Å². The summed E-state index contributed by atoms with van der Waals surface area (Å²) in [6.45, 7) is 4.87. The Labute approximate surface area is 436 Å². The lowest BCUT2D eigenvalue weighted by atomic mass is 9.70. The van der Waals surface area contributed by atoms with Crippen molar-refractivity contribution in [3.63, 3.8) is 0 Å². The van der Waals surface area contributed by atoms with E-state index in [1.54, 1.807) is 0 Å². The lowest BCUT2D eigenvalue weighted by Gasteiger charge is -2.43. The molecular weight excluding hydrogens is 897 g/mol. The molecule has 4 nitrogen and oxygen atoms in total. The molecule has 9 atom stereocenters. The molecule has 1 fully saturated rings. The first kappa shape index (κ1) is 44.6. The van der Waals surface area contributed by atoms with Gasteiger partial charge < -0.3 is 19.3 Å². The molecule has 7 aromatic rings. The highest BCUT2D eigenvalue weighted by molar-refractivity contribution is 6.10. The second-order valence-electron chi connectivity index (χ2n) is 21.8. The predicted molar refractivity (Wildman–Crippen MR) is 311 cm³/mol. The van der Waals surface area contributed by atoms with E-state index in [2.05, 4.69) is 288 Å². The first-order valence-corrected chi connectivity index (χ1v) is 27.1. The summed E-state index contributed by atoms with van der Waals surface area (Å²) in [7, 11) is 0. The predicted octanol–water partition coefficient (Wildman–Crippen LogP) is 16.9. The fourth-order valence-electron chi connectivity index (χ4n) is 14.1. The van der Waals surface area contributed by atoms with E-state index in [1.165, 1.54) is 78.1 Å². The summed E-state index contributed by atoms with van der Waals surface area (Å²) in [4.78, 5) is 7.92. The Morgan fingerprint density at radius 2 is 1.31 bits per heavy atom. The number of benzene rings is 6. The molecule has 4 heteroatoms. The largest absolute Gasteiger partial charge is 0.337 e. The normalized spacial score (nSPS) is 27.4.